The molecular weight excluding hydrogens is 242 g/mol. The Bertz CT molecular complexity index is 539. The van der Waals surface area contributed by atoms with E-state index in [4.69, 9.17) is 16.0 Å². The molecule has 0 saturated carbocycles. The maximum Gasteiger partial charge on any atom is 0.260 e. The van der Waals surface area contributed by atoms with Crippen molar-refractivity contribution >= 4 is 23.3 Å². The fourth-order valence-electron chi connectivity index (χ4n) is 1.40. The highest BCUT2D eigenvalue weighted by atomic mass is 35.5. The van der Waals surface area contributed by atoms with Crippen LogP contribution in [0, 0.1) is 0 Å². The molecule has 0 saturated heterocycles. The Labute approximate surface area is 103 Å². The molecule has 2 heterocycles. The van der Waals surface area contributed by atoms with Gasteiger partial charge < -0.3 is 9.73 Å². The smallest absolute Gasteiger partial charge is 0.260 e. The number of halogens is 1. The molecule has 1 amide bonds. The zero-order chi connectivity index (χ0) is 12.3. The number of rotatable bonds is 3. The maximum atomic E-state index is 11.9. The van der Waals surface area contributed by atoms with E-state index in [2.05, 4.69) is 15.3 Å². The van der Waals surface area contributed by atoms with Gasteiger partial charge in [0.25, 0.3) is 5.91 Å². The van der Waals surface area contributed by atoms with Gasteiger partial charge in [-0.2, -0.15) is 0 Å². The lowest BCUT2D eigenvalue weighted by atomic mass is 10.2. The lowest BCUT2D eigenvalue weighted by Crippen LogP contribution is -2.13. The standard InChI is InChI=1S/C11H10ClN3O2/c1-2-8-7(4-6-17-8)10(16)14-9-3-5-13-11(12)15-9/h3-6H,2H2,1H3,(H,13,14,15,16). The Hall–Kier alpha value is -1.88. The van der Waals surface area contributed by atoms with Crippen LogP contribution in [0.25, 0.3) is 0 Å². The van der Waals surface area contributed by atoms with Crippen LogP contribution in [0.2, 0.25) is 5.28 Å². The van der Waals surface area contributed by atoms with Gasteiger partial charge in [-0.15, -0.1) is 0 Å². The largest absolute Gasteiger partial charge is 0.469 e. The zero-order valence-corrected chi connectivity index (χ0v) is 9.86. The van der Waals surface area contributed by atoms with Gasteiger partial charge >= 0.3 is 0 Å². The second-order valence-electron chi connectivity index (χ2n) is 3.28. The predicted octanol–water partition coefficient (Wildman–Crippen LogP) is 2.54. The molecule has 88 valence electrons. The molecular formula is C11H10ClN3O2. The number of anilines is 1. The summed E-state index contributed by atoms with van der Waals surface area (Å²) in [5.41, 5.74) is 0.502. The third-order valence-corrected chi connectivity index (χ3v) is 2.36. The van der Waals surface area contributed by atoms with Crippen molar-refractivity contribution < 1.29 is 9.21 Å². The van der Waals surface area contributed by atoms with E-state index in [1.807, 2.05) is 6.92 Å². The van der Waals surface area contributed by atoms with E-state index in [9.17, 15) is 4.79 Å². The Kier molecular flexibility index (Phi) is 3.39. The van der Waals surface area contributed by atoms with Gasteiger partial charge in [-0.3, -0.25) is 4.79 Å². The van der Waals surface area contributed by atoms with Crippen LogP contribution in [0.15, 0.2) is 29.0 Å². The fourth-order valence-corrected chi connectivity index (χ4v) is 1.55. The fraction of sp³-hybridized carbons (Fsp3) is 0.182. The highest BCUT2D eigenvalue weighted by molar-refractivity contribution is 6.28. The Balaban J connectivity index is 2.17. The van der Waals surface area contributed by atoms with E-state index >= 15 is 0 Å². The minimum absolute atomic E-state index is 0.0886. The highest BCUT2D eigenvalue weighted by Crippen LogP contribution is 2.14. The quantitative estimate of drug-likeness (QED) is 0.851. The molecule has 0 aliphatic carbocycles. The van der Waals surface area contributed by atoms with E-state index in [-0.39, 0.29) is 11.2 Å². The van der Waals surface area contributed by atoms with Crippen molar-refractivity contribution in [1.29, 1.82) is 0 Å². The molecule has 0 aliphatic rings. The number of furan rings is 1. The van der Waals surface area contributed by atoms with E-state index in [0.29, 0.717) is 23.6 Å². The van der Waals surface area contributed by atoms with Gasteiger partial charge in [0.2, 0.25) is 5.28 Å². The van der Waals surface area contributed by atoms with Crippen LogP contribution in [-0.4, -0.2) is 15.9 Å². The predicted molar refractivity (Wildman–Crippen MR) is 63.1 cm³/mol. The molecule has 1 N–H and O–H groups in total. The molecule has 0 atom stereocenters. The van der Waals surface area contributed by atoms with Crippen LogP contribution in [0.3, 0.4) is 0 Å². The number of aromatic nitrogens is 2. The average Bonchev–Trinajstić information content (AvgIpc) is 2.77. The number of carbonyl (C=O) groups is 1. The Morgan fingerprint density at radius 2 is 2.35 bits per heavy atom. The maximum absolute atomic E-state index is 11.9. The molecule has 0 bridgehead atoms. The number of hydrogen-bond acceptors (Lipinski definition) is 4. The Morgan fingerprint density at radius 3 is 3.06 bits per heavy atom. The van der Waals surface area contributed by atoms with Crippen molar-refractivity contribution in [2.45, 2.75) is 13.3 Å². The molecule has 2 aromatic heterocycles. The molecule has 6 heteroatoms. The third-order valence-electron chi connectivity index (χ3n) is 2.18. The van der Waals surface area contributed by atoms with Crippen molar-refractivity contribution in [1.82, 2.24) is 9.97 Å². The summed E-state index contributed by atoms with van der Waals surface area (Å²) in [6.07, 6.45) is 3.61. The van der Waals surface area contributed by atoms with Gasteiger partial charge in [0.15, 0.2) is 0 Å². The average molecular weight is 252 g/mol. The molecule has 2 rings (SSSR count). The number of nitrogens with one attached hydrogen (secondary N) is 1. The summed E-state index contributed by atoms with van der Waals surface area (Å²) in [4.78, 5) is 19.5. The van der Waals surface area contributed by atoms with Gasteiger partial charge in [0.1, 0.15) is 11.6 Å². The number of aryl methyl sites for hydroxylation is 1. The van der Waals surface area contributed by atoms with Crippen LogP contribution >= 0.6 is 11.6 Å². The number of amides is 1. The van der Waals surface area contributed by atoms with Gasteiger partial charge in [-0.25, -0.2) is 9.97 Å². The number of carbonyl (C=O) groups excluding carboxylic acids is 1. The van der Waals surface area contributed by atoms with E-state index in [1.54, 1.807) is 12.1 Å². The number of nitrogens with zero attached hydrogens (tertiary/aromatic N) is 2. The summed E-state index contributed by atoms with van der Waals surface area (Å²) in [5, 5.41) is 2.71. The van der Waals surface area contributed by atoms with E-state index in [0.717, 1.165) is 0 Å². The second kappa shape index (κ2) is 4.97. The first kappa shape index (κ1) is 11.6. The number of hydrogen-bond donors (Lipinski definition) is 1. The normalized spacial score (nSPS) is 10.2. The summed E-state index contributed by atoms with van der Waals surface area (Å²) in [7, 11) is 0. The molecule has 0 unspecified atom stereocenters. The minimum Gasteiger partial charge on any atom is -0.469 e. The summed E-state index contributed by atoms with van der Waals surface area (Å²) >= 11 is 5.62. The highest BCUT2D eigenvalue weighted by Gasteiger charge is 2.13. The summed E-state index contributed by atoms with van der Waals surface area (Å²) in [5.74, 6) is 0.728. The van der Waals surface area contributed by atoms with Crippen molar-refractivity contribution in [3.63, 3.8) is 0 Å². The van der Waals surface area contributed by atoms with Crippen molar-refractivity contribution in [2.75, 3.05) is 5.32 Å². The first-order chi connectivity index (χ1) is 8.20. The minimum atomic E-state index is -0.273. The van der Waals surface area contributed by atoms with Gasteiger partial charge in [-0.1, -0.05) is 6.92 Å². The molecule has 0 aromatic carbocycles. The molecule has 0 fully saturated rings. The van der Waals surface area contributed by atoms with Crippen molar-refractivity contribution in [3.05, 3.63) is 41.2 Å². The molecule has 0 aliphatic heterocycles. The van der Waals surface area contributed by atoms with Crippen LogP contribution in [0.5, 0.6) is 0 Å². The zero-order valence-electron chi connectivity index (χ0n) is 9.11. The first-order valence-electron chi connectivity index (χ1n) is 5.07. The Morgan fingerprint density at radius 1 is 1.53 bits per heavy atom. The summed E-state index contributed by atoms with van der Waals surface area (Å²) in [6.45, 7) is 1.91. The SMILES string of the molecule is CCc1occc1C(=O)Nc1ccnc(Cl)n1. The third kappa shape index (κ3) is 2.62. The van der Waals surface area contributed by atoms with Crippen LogP contribution in [0.4, 0.5) is 5.82 Å². The van der Waals surface area contributed by atoms with E-state index < -0.39 is 0 Å². The molecule has 2 aromatic rings. The van der Waals surface area contributed by atoms with Gasteiger partial charge in [-0.05, 0) is 23.7 Å². The van der Waals surface area contributed by atoms with Crippen molar-refractivity contribution in [2.24, 2.45) is 0 Å². The monoisotopic (exact) mass is 251 g/mol. The van der Waals surface area contributed by atoms with E-state index in [1.165, 1.54) is 12.5 Å². The molecule has 0 radical (unpaired) electrons. The van der Waals surface area contributed by atoms with Crippen LogP contribution < -0.4 is 5.32 Å². The lowest BCUT2D eigenvalue weighted by Gasteiger charge is -2.03. The molecule has 17 heavy (non-hydrogen) atoms. The van der Waals surface area contributed by atoms with Gasteiger partial charge in [0, 0.05) is 12.6 Å². The molecule has 0 spiro atoms. The van der Waals surface area contributed by atoms with Crippen LogP contribution in [-0.2, 0) is 6.42 Å². The van der Waals surface area contributed by atoms with Gasteiger partial charge in [0.05, 0.1) is 11.8 Å². The summed E-state index contributed by atoms with van der Waals surface area (Å²) < 4.78 is 5.18. The lowest BCUT2D eigenvalue weighted by molar-refractivity contribution is 0.102. The first-order valence-corrected chi connectivity index (χ1v) is 5.44. The molecule has 5 nitrogen and oxygen atoms in total. The topological polar surface area (TPSA) is 68.0 Å². The second-order valence-corrected chi connectivity index (χ2v) is 3.61. The van der Waals surface area contributed by atoms with Crippen molar-refractivity contribution in [3.8, 4) is 0 Å². The van der Waals surface area contributed by atoms with Crippen LogP contribution in [0.1, 0.15) is 23.0 Å². The summed E-state index contributed by atoms with van der Waals surface area (Å²) in [6, 6.07) is 3.19.